The zero-order valence-corrected chi connectivity index (χ0v) is 15.4. The monoisotopic (exact) mass is 381 g/mol. The predicted molar refractivity (Wildman–Crippen MR) is 90.6 cm³/mol. The summed E-state index contributed by atoms with van der Waals surface area (Å²) in [6.45, 7) is 1.64. The quantitative estimate of drug-likeness (QED) is 0.482. The van der Waals surface area contributed by atoms with Crippen molar-refractivity contribution in [3.63, 3.8) is 0 Å². The van der Waals surface area contributed by atoms with Gasteiger partial charge in [-0.25, -0.2) is 0 Å². The van der Waals surface area contributed by atoms with Crippen LogP contribution in [0.25, 0.3) is 0 Å². The van der Waals surface area contributed by atoms with Crippen molar-refractivity contribution in [2.45, 2.75) is 68.2 Å². The summed E-state index contributed by atoms with van der Waals surface area (Å²) < 4.78 is 23.3. The van der Waals surface area contributed by atoms with E-state index in [1.165, 1.54) is 6.92 Å². The highest BCUT2D eigenvalue weighted by atomic mass is 32.2. The van der Waals surface area contributed by atoms with Gasteiger partial charge in [-0.2, -0.15) is 0 Å². The van der Waals surface area contributed by atoms with E-state index in [0.29, 0.717) is 19.4 Å². The maximum atomic E-state index is 12.5. The number of piperidine rings is 1. The number of carbonyl (C=O) groups excluding carboxylic acids is 1. The number of hydrogen-bond acceptors (Lipinski definition) is 8. The van der Waals surface area contributed by atoms with Crippen LogP contribution in [0, 0.1) is 5.92 Å². The van der Waals surface area contributed by atoms with Gasteiger partial charge < -0.3 is 30.1 Å². The van der Waals surface area contributed by atoms with Crippen molar-refractivity contribution in [1.29, 1.82) is 0 Å². The van der Waals surface area contributed by atoms with E-state index >= 15 is 0 Å². The molecule has 0 spiro atoms. The molecule has 2 aliphatic rings. The molecule has 7 atom stereocenters. The van der Waals surface area contributed by atoms with Gasteiger partial charge in [0, 0.05) is 6.92 Å². The lowest BCUT2D eigenvalue weighted by Gasteiger charge is -2.46. The summed E-state index contributed by atoms with van der Waals surface area (Å²) in [4.78, 5) is 12.5. The fourth-order valence-electron chi connectivity index (χ4n) is 3.37. The molecular weight excluding hydrogens is 353 g/mol. The summed E-state index contributed by atoms with van der Waals surface area (Å²) in [5, 5.41) is 33.2. The highest BCUT2D eigenvalue weighted by Gasteiger charge is 2.53. The molecule has 2 rings (SSSR count). The van der Waals surface area contributed by atoms with Crippen LogP contribution in [0.1, 0.15) is 32.6 Å². The second-order valence-corrected chi connectivity index (χ2v) is 7.75. The summed E-state index contributed by atoms with van der Waals surface area (Å²) in [6, 6.07) is -0.567. The molecular formula is C16H28FNO6S. The first-order chi connectivity index (χ1) is 11.8. The van der Waals surface area contributed by atoms with Gasteiger partial charge in [0.2, 0.25) is 5.79 Å². The molecule has 2 saturated heterocycles. The van der Waals surface area contributed by atoms with Gasteiger partial charge in [-0.1, -0.05) is 0 Å². The summed E-state index contributed by atoms with van der Waals surface area (Å²) in [5.41, 5.74) is -0.826. The van der Waals surface area contributed by atoms with Gasteiger partial charge in [0.25, 0.3) is 0 Å². The first-order valence-electron chi connectivity index (χ1n) is 8.59. The lowest BCUT2D eigenvalue weighted by Crippen LogP contribution is -2.64. The lowest BCUT2D eigenvalue weighted by molar-refractivity contribution is -0.325. The van der Waals surface area contributed by atoms with Crippen molar-refractivity contribution in [2.24, 2.45) is 5.92 Å². The Kier molecular flexibility index (Phi) is 7.48. The Morgan fingerprint density at radius 2 is 2.12 bits per heavy atom. The third kappa shape index (κ3) is 4.84. The number of ether oxygens (including phenoxy) is 2. The number of aliphatic hydroxyl groups is 3. The molecule has 0 radical (unpaired) electrons. The number of halogens is 1. The van der Waals surface area contributed by atoms with E-state index in [1.807, 2.05) is 0 Å². The van der Waals surface area contributed by atoms with E-state index in [0.717, 1.165) is 24.6 Å². The summed E-state index contributed by atoms with van der Waals surface area (Å²) in [6.07, 6.45) is -0.0555. The Hall–Kier alpha value is -0.450. The first kappa shape index (κ1) is 20.9. The van der Waals surface area contributed by atoms with Gasteiger partial charge in [-0.05, 0) is 44.4 Å². The minimum Gasteiger partial charge on any atom is -0.429 e. The van der Waals surface area contributed by atoms with Gasteiger partial charge in [0.05, 0.1) is 6.67 Å². The normalized spacial score (nSPS) is 42.2. The summed E-state index contributed by atoms with van der Waals surface area (Å²) >= 11 is 1.15. The molecule has 0 aromatic carbocycles. The predicted octanol–water partition coefficient (Wildman–Crippen LogP) is 0.166. The molecule has 0 amide bonds. The Bertz CT molecular complexity index is 456. The topological polar surface area (TPSA) is 108 Å². The third-order valence-corrected chi connectivity index (χ3v) is 5.76. The SMILES string of the molecule is CSC1OC(C)(OC(=O)C2CC(CCCF)CCN2)C(O)C(O)C1O. The average molecular weight is 381 g/mol. The molecule has 25 heavy (non-hydrogen) atoms. The molecule has 7 unspecified atom stereocenters. The molecule has 2 fully saturated rings. The van der Waals surface area contributed by atoms with Gasteiger partial charge in [0.1, 0.15) is 29.8 Å². The van der Waals surface area contributed by atoms with Crippen LogP contribution in [0.15, 0.2) is 0 Å². The Labute approximate surface area is 151 Å². The van der Waals surface area contributed by atoms with Crippen molar-refractivity contribution < 1.29 is 34.0 Å². The highest BCUT2D eigenvalue weighted by Crippen LogP contribution is 2.35. The van der Waals surface area contributed by atoms with Gasteiger partial charge in [0.15, 0.2) is 0 Å². The zero-order chi connectivity index (χ0) is 18.6. The Morgan fingerprint density at radius 1 is 1.40 bits per heavy atom. The van der Waals surface area contributed by atoms with Crippen molar-refractivity contribution in [1.82, 2.24) is 5.32 Å². The third-order valence-electron chi connectivity index (χ3n) is 4.92. The largest absolute Gasteiger partial charge is 0.429 e. The van der Waals surface area contributed by atoms with Gasteiger partial charge >= 0.3 is 5.97 Å². The number of carbonyl (C=O) groups is 1. The van der Waals surface area contributed by atoms with Crippen LogP contribution < -0.4 is 5.32 Å². The molecule has 0 aromatic heterocycles. The number of rotatable bonds is 6. The van der Waals surface area contributed by atoms with Crippen LogP contribution in [-0.4, -0.2) is 76.3 Å². The number of alkyl halides is 1. The fourth-order valence-corrected chi connectivity index (χ4v) is 4.10. The number of esters is 1. The molecule has 0 aromatic rings. The highest BCUT2D eigenvalue weighted by molar-refractivity contribution is 7.99. The number of thioether (sulfide) groups is 1. The molecule has 7 nitrogen and oxygen atoms in total. The second kappa shape index (κ2) is 8.96. The maximum absolute atomic E-state index is 12.5. The van der Waals surface area contributed by atoms with Gasteiger partial charge in [-0.15, -0.1) is 11.8 Å². The van der Waals surface area contributed by atoms with E-state index in [9.17, 15) is 24.5 Å². The van der Waals surface area contributed by atoms with Crippen LogP contribution in [0.2, 0.25) is 0 Å². The van der Waals surface area contributed by atoms with E-state index in [-0.39, 0.29) is 12.6 Å². The van der Waals surface area contributed by atoms with Crippen LogP contribution in [0.5, 0.6) is 0 Å². The molecule has 146 valence electrons. The van der Waals surface area contributed by atoms with E-state index < -0.39 is 41.5 Å². The Balaban J connectivity index is 2.00. The molecule has 4 N–H and O–H groups in total. The summed E-state index contributed by atoms with van der Waals surface area (Å²) in [5.74, 6) is -2.10. The molecule has 0 bridgehead atoms. The number of hydrogen-bond donors (Lipinski definition) is 4. The molecule has 2 aliphatic heterocycles. The van der Waals surface area contributed by atoms with Crippen LogP contribution >= 0.6 is 11.8 Å². The fraction of sp³-hybridized carbons (Fsp3) is 0.938. The van der Waals surface area contributed by atoms with E-state index in [1.54, 1.807) is 6.26 Å². The molecule has 0 saturated carbocycles. The van der Waals surface area contributed by atoms with Gasteiger partial charge in [-0.3, -0.25) is 9.18 Å². The number of aliphatic hydroxyl groups excluding tert-OH is 3. The minimum absolute atomic E-state index is 0.242. The van der Waals surface area contributed by atoms with Crippen LogP contribution in [0.4, 0.5) is 4.39 Å². The van der Waals surface area contributed by atoms with E-state index in [4.69, 9.17) is 9.47 Å². The second-order valence-electron chi connectivity index (χ2n) is 6.81. The van der Waals surface area contributed by atoms with Crippen molar-refractivity contribution in [3.05, 3.63) is 0 Å². The van der Waals surface area contributed by atoms with E-state index in [2.05, 4.69) is 5.32 Å². The van der Waals surface area contributed by atoms with Crippen LogP contribution in [0.3, 0.4) is 0 Å². The Morgan fingerprint density at radius 3 is 2.76 bits per heavy atom. The zero-order valence-electron chi connectivity index (χ0n) is 14.6. The van der Waals surface area contributed by atoms with Crippen molar-refractivity contribution in [2.75, 3.05) is 19.5 Å². The van der Waals surface area contributed by atoms with Crippen molar-refractivity contribution in [3.8, 4) is 0 Å². The van der Waals surface area contributed by atoms with Crippen LogP contribution in [-0.2, 0) is 14.3 Å². The molecule has 9 heteroatoms. The molecule has 0 aliphatic carbocycles. The maximum Gasteiger partial charge on any atom is 0.325 e. The minimum atomic E-state index is -1.75. The smallest absolute Gasteiger partial charge is 0.325 e. The average Bonchev–Trinajstić information content (AvgIpc) is 2.61. The molecule has 2 heterocycles. The summed E-state index contributed by atoms with van der Waals surface area (Å²) in [7, 11) is 0. The number of nitrogens with one attached hydrogen (secondary N) is 1. The van der Waals surface area contributed by atoms with Crippen molar-refractivity contribution >= 4 is 17.7 Å². The standard InChI is InChI=1S/C16H28FNO6S/c1-16(13(21)11(19)12(20)15(24-16)25-2)23-14(22)10-8-9(4-3-6-17)5-7-18-10/h9-13,15,18-21H,3-8H2,1-2H3. The lowest BCUT2D eigenvalue weighted by atomic mass is 9.89. The first-order valence-corrected chi connectivity index (χ1v) is 9.88.